The maximum Gasteiger partial charge on any atom is 0.251 e. The molecule has 1 saturated carbocycles. The second kappa shape index (κ2) is 6.02. The topological polar surface area (TPSA) is 55.6 Å². The molecule has 4 unspecified atom stereocenters. The Morgan fingerprint density at radius 2 is 2.11 bits per heavy atom. The molecule has 1 aliphatic heterocycles. The molecule has 4 nitrogen and oxygen atoms in total. The third-order valence-electron chi connectivity index (χ3n) is 4.45. The molecule has 1 heterocycles. The van der Waals surface area contributed by atoms with E-state index in [1.54, 1.807) is 0 Å². The van der Waals surface area contributed by atoms with Crippen molar-refractivity contribution in [2.75, 3.05) is 13.6 Å². The molecule has 4 atom stereocenters. The molecule has 18 heavy (non-hydrogen) atoms. The molecule has 1 amide bonds. The van der Waals surface area contributed by atoms with Crippen molar-refractivity contribution in [2.45, 2.75) is 63.7 Å². The van der Waals surface area contributed by atoms with Crippen molar-refractivity contribution >= 4 is 5.91 Å². The van der Waals surface area contributed by atoms with Gasteiger partial charge in [0.1, 0.15) is 6.10 Å². The van der Waals surface area contributed by atoms with E-state index < -0.39 is 0 Å². The van der Waals surface area contributed by atoms with Crippen LogP contribution in [-0.2, 0) is 9.53 Å². The molecule has 2 rings (SSSR count). The minimum absolute atomic E-state index is 0.0811. The van der Waals surface area contributed by atoms with E-state index in [0.717, 1.165) is 31.6 Å². The van der Waals surface area contributed by atoms with Gasteiger partial charge in [-0.05, 0) is 31.6 Å². The van der Waals surface area contributed by atoms with E-state index in [-0.39, 0.29) is 18.1 Å². The van der Waals surface area contributed by atoms with Crippen molar-refractivity contribution < 1.29 is 9.53 Å². The van der Waals surface area contributed by atoms with Crippen LogP contribution in [0.25, 0.3) is 0 Å². The number of hydrogen-bond acceptors (Lipinski definition) is 3. The second-order valence-electron chi connectivity index (χ2n) is 5.93. The summed E-state index contributed by atoms with van der Waals surface area (Å²) < 4.78 is 5.69. The first-order valence-electron chi connectivity index (χ1n) is 7.24. The molecule has 0 aromatic rings. The van der Waals surface area contributed by atoms with Crippen molar-refractivity contribution in [2.24, 2.45) is 11.7 Å². The van der Waals surface area contributed by atoms with Crippen molar-refractivity contribution in [3.05, 3.63) is 0 Å². The van der Waals surface area contributed by atoms with Crippen LogP contribution in [-0.4, -0.2) is 42.6 Å². The largest absolute Gasteiger partial charge is 0.364 e. The maximum absolute atomic E-state index is 12.4. The lowest BCUT2D eigenvalue weighted by Gasteiger charge is -2.35. The van der Waals surface area contributed by atoms with Gasteiger partial charge in [0.2, 0.25) is 0 Å². The Bertz CT molecular complexity index is 296. The number of hydrogen-bond donors (Lipinski definition) is 1. The molecular formula is C14H26N2O2. The smallest absolute Gasteiger partial charge is 0.251 e. The fourth-order valence-electron chi connectivity index (χ4n) is 3.22. The number of nitrogens with zero attached hydrogens (tertiary/aromatic N) is 1. The summed E-state index contributed by atoms with van der Waals surface area (Å²) in [4.78, 5) is 14.3. The predicted molar refractivity (Wildman–Crippen MR) is 71.1 cm³/mol. The lowest BCUT2D eigenvalue weighted by molar-refractivity contribution is -0.144. The summed E-state index contributed by atoms with van der Waals surface area (Å²) >= 11 is 0. The average molecular weight is 254 g/mol. The Morgan fingerprint density at radius 3 is 2.72 bits per heavy atom. The van der Waals surface area contributed by atoms with Crippen LogP contribution in [0.5, 0.6) is 0 Å². The SMILES string of the molecule is CC1CCCC(N(C)C(=O)C2CCC(CN)O2)C1. The summed E-state index contributed by atoms with van der Waals surface area (Å²) in [6.45, 7) is 2.80. The highest BCUT2D eigenvalue weighted by Gasteiger charge is 2.34. The summed E-state index contributed by atoms with van der Waals surface area (Å²) in [6.07, 6.45) is 6.39. The Labute approximate surface area is 110 Å². The van der Waals surface area contributed by atoms with Crippen LogP contribution < -0.4 is 5.73 Å². The standard InChI is InChI=1S/C14H26N2O2/c1-10-4-3-5-11(8-10)16(2)14(17)13-7-6-12(9-15)18-13/h10-13H,3-9,15H2,1-2H3. The first kappa shape index (κ1) is 13.8. The van der Waals surface area contributed by atoms with E-state index >= 15 is 0 Å². The molecule has 2 fully saturated rings. The maximum atomic E-state index is 12.4. The van der Waals surface area contributed by atoms with Crippen LogP contribution in [0.1, 0.15) is 45.4 Å². The molecule has 1 aliphatic carbocycles. The third-order valence-corrected chi connectivity index (χ3v) is 4.45. The van der Waals surface area contributed by atoms with Gasteiger partial charge in [0.15, 0.2) is 0 Å². The van der Waals surface area contributed by atoms with Crippen LogP contribution in [0.4, 0.5) is 0 Å². The van der Waals surface area contributed by atoms with Crippen molar-refractivity contribution in [1.29, 1.82) is 0 Å². The van der Waals surface area contributed by atoms with Gasteiger partial charge in [-0.1, -0.05) is 19.8 Å². The van der Waals surface area contributed by atoms with Crippen LogP contribution >= 0.6 is 0 Å². The summed E-state index contributed by atoms with van der Waals surface area (Å²) in [7, 11) is 1.93. The van der Waals surface area contributed by atoms with Crippen LogP contribution in [0.2, 0.25) is 0 Å². The highest BCUT2D eigenvalue weighted by molar-refractivity contribution is 5.81. The van der Waals surface area contributed by atoms with Crippen LogP contribution in [0.3, 0.4) is 0 Å². The predicted octanol–water partition coefficient (Wildman–Crippen LogP) is 1.53. The number of likely N-dealkylation sites (N-methyl/N-ethyl adjacent to an activating group) is 1. The van der Waals surface area contributed by atoms with E-state index in [2.05, 4.69) is 6.92 Å². The van der Waals surface area contributed by atoms with Crippen molar-refractivity contribution in [3.8, 4) is 0 Å². The van der Waals surface area contributed by atoms with Gasteiger partial charge in [-0.3, -0.25) is 4.79 Å². The number of carbonyl (C=O) groups excluding carboxylic acids is 1. The monoisotopic (exact) mass is 254 g/mol. The van der Waals surface area contributed by atoms with E-state index in [1.807, 2.05) is 11.9 Å². The quantitative estimate of drug-likeness (QED) is 0.831. The van der Waals surface area contributed by atoms with Gasteiger partial charge in [-0.2, -0.15) is 0 Å². The first-order valence-corrected chi connectivity index (χ1v) is 7.24. The number of carbonyl (C=O) groups is 1. The van der Waals surface area contributed by atoms with Gasteiger partial charge in [-0.15, -0.1) is 0 Å². The normalized spacial score (nSPS) is 36.6. The Kier molecular flexibility index (Phi) is 4.62. The molecule has 0 bridgehead atoms. The number of ether oxygens (including phenoxy) is 1. The zero-order valence-corrected chi connectivity index (χ0v) is 11.6. The van der Waals surface area contributed by atoms with Gasteiger partial charge in [0.25, 0.3) is 5.91 Å². The highest BCUT2D eigenvalue weighted by Crippen LogP contribution is 2.28. The van der Waals surface area contributed by atoms with E-state index in [9.17, 15) is 4.79 Å². The lowest BCUT2D eigenvalue weighted by atomic mass is 9.86. The molecule has 0 aromatic carbocycles. The third kappa shape index (κ3) is 3.04. The van der Waals surface area contributed by atoms with Gasteiger partial charge in [0.05, 0.1) is 6.10 Å². The first-order chi connectivity index (χ1) is 8.61. The van der Waals surface area contributed by atoms with Crippen molar-refractivity contribution in [3.63, 3.8) is 0 Å². The van der Waals surface area contributed by atoms with Gasteiger partial charge in [-0.25, -0.2) is 0 Å². The molecule has 0 radical (unpaired) electrons. The van der Waals surface area contributed by atoms with E-state index in [0.29, 0.717) is 12.6 Å². The number of nitrogens with two attached hydrogens (primary N) is 1. The molecular weight excluding hydrogens is 228 g/mol. The molecule has 4 heteroatoms. The Morgan fingerprint density at radius 1 is 1.33 bits per heavy atom. The minimum Gasteiger partial charge on any atom is -0.364 e. The fourth-order valence-corrected chi connectivity index (χ4v) is 3.22. The summed E-state index contributed by atoms with van der Waals surface area (Å²) in [6, 6.07) is 0.404. The van der Waals surface area contributed by atoms with Gasteiger partial charge >= 0.3 is 0 Å². The highest BCUT2D eigenvalue weighted by atomic mass is 16.5. The summed E-state index contributed by atoms with van der Waals surface area (Å²) in [5.41, 5.74) is 5.58. The Balaban J connectivity index is 1.88. The lowest BCUT2D eigenvalue weighted by Crippen LogP contribution is -2.45. The molecule has 2 aliphatic rings. The molecule has 104 valence electrons. The molecule has 2 N–H and O–H groups in total. The van der Waals surface area contributed by atoms with E-state index in [4.69, 9.17) is 10.5 Å². The van der Waals surface area contributed by atoms with E-state index in [1.165, 1.54) is 12.8 Å². The molecule has 0 aromatic heterocycles. The molecule has 1 saturated heterocycles. The van der Waals surface area contributed by atoms with Crippen LogP contribution in [0.15, 0.2) is 0 Å². The summed E-state index contributed by atoms with van der Waals surface area (Å²) in [5, 5.41) is 0. The average Bonchev–Trinajstić information content (AvgIpc) is 2.85. The van der Waals surface area contributed by atoms with Crippen molar-refractivity contribution in [1.82, 2.24) is 4.90 Å². The number of rotatable bonds is 3. The van der Waals surface area contributed by atoms with Gasteiger partial charge < -0.3 is 15.4 Å². The van der Waals surface area contributed by atoms with Gasteiger partial charge in [0, 0.05) is 19.6 Å². The molecule has 0 spiro atoms. The zero-order chi connectivity index (χ0) is 13.1. The fraction of sp³-hybridized carbons (Fsp3) is 0.929. The van der Waals surface area contributed by atoms with Crippen LogP contribution in [0, 0.1) is 5.92 Å². The second-order valence-corrected chi connectivity index (χ2v) is 5.93. The summed E-state index contributed by atoms with van der Waals surface area (Å²) in [5.74, 6) is 0.894. The Hall–Kier alpha value is -0.610. The zero-order valence-electron chi connectivity index (χ0n) is 11.6. The number of amides is 1. The minimum atomic E-state index is -0.249.